The van der Waals surface area contributed by atoms with Gasteiger partial charge < -0.3 is 19.7 Å². The van der Waals surface area contributed by atoms with Crippen LogP contribution in [-0.2, 0) is 16.6 Å². The topological polar surface area (TPSA) is 93.1 Å². The Labute approximate surface area is 217 Å². The van der Waals surface area contributed by atoms with Gasteiger partial charge in [0.15, 0.2) is 0 Å². The highest BCUT2D eigenvalue weighted by Crippen LogP contribution is 2.33. The summed E-state index contributed by atoms with van der Waals surface area (Å²) in [7, 11) is 1.23. The lowest BCUT2D eigenvalue weighted by molar-refractivity contribution is 0.139. The lowest BCUT2D eigenvalue weighted by atomic mass is 9.92. The van der Waals surface area contributed by atoms with Gasteiger partial charge in [-0.1, -0.05) is 11.6 Å². The van der Waals surface area contributed by atoms with Crippen LogP contribution in [0.4, 0.5) is 0 Å². The molecule has 3 aromatic rings. The van der Waals surface area contributed by atoms with E-state index in [0.29, 0.717) is 29.1 Å². The van der Waals surface area contributed by atoms with Gasteiger partial charge in [0, 0.05) is 50.0 Å². The Hall–Kier alpha value is -2.88. The average molecular weight is 531 g/mol. The summed E-state index contributed by atoms with van der Waals surface area (Å²) in [5.74, 6) is 1.34. The Morgan fingerprint density at radius 1 is 1.11 bits per heavy atom. The van der Waals surface area contributed by atoms with Gasteiger partial charge in [0.1, 0.15) is 17.8 Å². The largest absolute Gasteiger partial charge is 0.496 e. The minimum atomic E-state index is -3.79. The Kier molecular flexibility index (Phi) is 8.33. The SMILES string of the molecule is COc1ccc(S(=O)(=O)/N=C/N(C)C)cc1CN[C@H]1CC[C@H](Oc2cc3ccncc3cc2Cl)CC1. The predicted octanol–water partition coefficient (Wildman–Crippen LogP) is 4.66. The number of ether oxygens (including phenoxy) is 2. The van der Waals surface area contributed by atoms with Crippen LogP contribution in [0.1, 0.15) is 31.2 Å². The normalized spacial score (nSPS) is 18.4. The van der Waals surface area contributed by atoms with Crippen LogP contribution in [0.5, 0.6) is 11.5 Å². The van der Waals surface area contributed by atoms with Crippen LogP contribution < -0.4 is 14.8 Å². The molecule has 0 saturated heterocycles. The number of rotatable bonds is 9. The Bertz CT molecular complexity index is 1340. The fraction of sp³-hybridized carbons (Fsp3) is 0.385. The third kappa shape index (κ3) is 6.46. The maximum atomic E-state index is 12.6. The van der Waals surface area contributed by atoms with E-state index in [9.17, 15) is 8.42 Å². The molecule has 1 saturated carbocycles. The molecule has 0 aliphatic heterocycles. The van der Waals surface area contributed by atoms with E-state index in [4.69, 9.17) is 21.1 Å². The van der Waals surface area contributed by atoms with Crippen LogP contribution in [0.3, 0.4) is 0 Å². The van der Waals surface area contributed by atoms with E-state index in [1.165, 1.54) is 12.4 Å². The van der Waals surface area contributed by atoms with Gasteiger partial charge in [-0.15, -0.1) is 4.40 Å². The zero-order valence-corrected chi connectivity index (χ0v) is 22.2. The van der Waals surface area contributed by atoms with Gasteiger partial charge in [-0.25, -0.2) is 0 Å². The third-order valence-electron chi connectivity index (χ3n) is 6.21. The molecule has 0 atom stereocenters. The summed E-state index contributed by atoms with van der Waals surface area (Å²) in [6.45, 7) is 0.491. The summed E-state index contributed by atoms with van der Waals surface area (Å²) in [6.07, 6.45) is 8.59. The van der Waals surface area contributed by atoms with E-state index in [2.05, 4.69) is 14.7 Å². The minimum absolute atomic E-state index is 0.0948. The van der Waals surface area contributed by atoms with Crippen molar-refractivity contribution < 1.29 is 17.9 Å². The highest BCUT2D eigenvalue weighted by molar-refractivity contribution is 7.90. The third-order valence-corrected chi connectivity index (χ3v) is 7.72. The number of hydrogen-bond acceptors (Lipinski definition) is 6. The maximum absolute atomic E-state index is 12.6. The number of nitrogens with one attached hydrogen (secondary N) is 1. The number of benzene rings is 2. The molecule has 36 heavy (non-hydrogen) atoms. The van der Waals surface area contributed by atoms with Crippen LogP contribution in [0.25, 0.3) is 10.8 Å². The lowest BCUT2D eigenvalue weighted by Gasteiger charge is -2.30. The van der Waals surface area contributed by atoms with Crippen molar-refractivity contribution in [2.24, 2.45) is 4.40 Å². The Balaban J connectivity index is 1.35. The monoisotopic (exact) mass is 530 g/mol. The average Bonchev–Trinajstić information content (AvgIpc) is 2.87. The molecule has 192 valence electrons. The molecule has 10 heteroatoms. The van der Waals surface area contributed by atoms with Gasteiger partial charge in [0.25, 0.3) is 10.0 Å². The summed E-state index contributed by atoms with van der Waals surface area (Å²) in [5.41, 5.74) is 0.773. The Morgan fingerprint density at radius 2 is 1.89 bits per heavy atom. The quantitative estimate of drug-likeness (QED) is 0.318. The fourth-order valence-corrected chi connectivity index (χ4v) is 5.45. The van der Waals surface area contributed by atoms with E-state index in [0.717, 1.165) is 42.0 Å². The number of methoxy groups -OCH3 is 1. The van der Waals surface area contributed by atoms with Gasteiger partial charge in [-0.05, 0) is 67.5 Å². The van der Waals surface area contributed by atoms with Crippen molar-refractivity contribution in [2.75, 3.05) is 21.2 Å². The highest BCUT2D eigenvalue weighted by atomic mass is 35.5. The molecule has 1 fully saturated rings. The molecular weight excluding hydrogens is 500 g/mol. The van der Waals surface area contributed by atoms with Crippen molar-refractivity contribution in [1.29, 1.82) is 0 Å². The molecule has 1 aliphatic rings. The van der Waals surface area contributed by atoms with E-state index >= 15 is 0 Å². The lowest BCUT2D eigenvalue weighted by Crippen LogP contribution is -2.36. The summed E-state index contributed by atoms with van der Waals surface area (Å²) in [5, 5.41) is 6.17. The number of sulfonamides is 1. The van der Waals surface area contributed by atoms with Crippen LogP contribution in [-0.4, -0.2) is 58.0 Å². The van der Waals surface area contributed by atoms with Gasteiger partial charge in [0.2, 0.25) is 0 Å². The second-order valence-corrected chi connectivity index (χ2v) is 11.2. The van der Waals surface area contributed by atoms with Crippen LogP contribution in [0.15, 0.2) is 58.1 Å². The van der Waals surface area contributed by atoms with Crippen molar-refractivity contribution in [3.8, 4) is 11.5 Å². The first-order valence-corrected chi connectivity index (χ1v) is 13.6. The summed E-state index contributed by atoms with van der Waals surface area (Å²) < 4.78 is 40.6. The van der Waals surface area contributed by atoms with Crippen LogP contribution in [0, 0.1) is 0 Å². The van der Waals surface area contributed by atoms with Crippen molar-refractivity contribution in [3.63, 3.8) is 0 Å². The van der Waals surface area contributed by atoms with Crippen LogP contribution in [0.2, 0.25) is 5.02 Å². The minimum Gasteiger partial charge on any atom is -0.496 e. The smallest absolute Gasteiger partial charge is 0.283 e. The molecule has 1 aromatic heterocycles. The second-order valence-electron chi connectivity index (χ2n) is 9.11. The molecule has 0 radical (unpaired) electrons. The number of hydrogen-bond donors (Lipinski definition) is 1. The molecular formula is C26H31ClN4O4S. The van der Waals surface area contributed by atoms with Gasteiger partial charge in [0.05, 0.1) is 23.1 Å². The standard InChI is InChI=1S/C26H31ClN4O4S/c1-31(2)17-30-36(32,33)23-8-9-25(34-3)20(12-23)16-29-21-4-6-22(7-5-21)35-26-14-18-10-11-28-15-19(18)13-24(26)27/h8-15,17,21-22,29H,4-7,16H2,1-3H3/b30-17+/t21-,22-. The first kappa shape index (κ1) is 26.2. The zero-order valence-electron chi connectivity index (χ0n) is 20.6. The van der Waals surface area contributed by atoms with Crippen molar-refractivity contribution in [2.45, 2.75) is 49.3 Å². The fourth-order valence-electron chi connectivity index (χ4n) is 4.27. The first-order valence-electron chi connectivity index (χ1n) is 11.8. The molecule has 0 unspecified atom stereocenters. The molecule has 8 nitrogen and oxygen atoms in total. The maximum Gasteiger partial charge on any atom is 0.283 e. The second kappa shape index (κ2) is 11.5. The zero-order chi connectivity index (χ0) is 25.7. The molecule has 1 aliphatic carbocycles. The van der Waals surface area contributed by atoms with E-state index in [-0.39, 0.29) is 11.0 Å². The van der Waals surface area contributed by atoms with Gasteiger partial charge in [-0.3, -0.25) is 4.98 Å². The van der Waals surface area contributed by atoms with Crippen molar-refractivity contribution in [1.82, 2.24) is 15.2 Å². The van der Waals surface area contributed by atoms with E-state index in [1.54, 1.807) is 50.6 Å². The molecule has 4 rings (SSSR count). The van der Waals surface area contributed by atoms with E-state index < -0.39 is 10.0 Å². The number of fused-ring (bicyclic) bond motifs is 1. The number of aromatic nitrogens is 1. The van der Waals surface area contributed by atoms with Crippen LogP contribution >= 0.6 is 11.6 Å². The predicted molar refractivity (Wildman–Crippen MR) is 143 cm³/mol. The Morgan fingerprint density at radius 3 is 2.61 bits per heavy atom. The van der Waals surface area contributed by atoms with E-state index in [1.807, 2.05) is 18.2 Å². The van der Waals surface area contributed by atoms with Crippen molar-refractivity contribution in [3.05, 3.63) is 59.4 Å². The molecule has 1 N–H and O–H groups in total. The first-order chi connectivity index (χ1) is 17.2. The number of nitrogens with zero attached hydrogens (tertiary/aromatic N) is 3. The summed E-state index contributed by atoms with van der Waals surface area (Å²) in [4.78, 5) is 5.85. The van der Waals surface area contributed by atoms with Gasteiger partial charge >= 0.3 is 0 Å². The van der Waals surface area contributed by atoms with Gasteiger partial charge in [-0.2, -0.15) is 8.42 Å². The number of pyridine rings is 1. The number of halogens is 1. The summed E-state index contributed by atoms with van der Waals surface area (Å²) >= 11 is 6.45. The molecule has 0 spiro atoms. The molecule has 0 amide bonds. The summed E-state index contributed by atoms with van der Waals surface area (Å²) in [6, 6.07) is 10.9. The highest BCUT2D eigenvalue weighted by Gasteiger charge is 2.24. The molecule has 2 aromatic carbocycles. The molecule has 1 heterocycles. The molecule has 0 bridgehead atoms. The van der Waals surface area contributed by atoms with Crippen molar-refractivity contribution >= 4 is 38.7 Å².